The van der Waals surface area contributed by atoms with Crippen LogP contribution >= 0.6 is 11.3 Å². The van der Waals surface area contributed by atoms with Gasteiger partial charge in [0.05, 0.1) is 12.2 Å². The molecule has 0 saturated carbocycles. The number of nitrogens with one attached hydrogen (secondary N) is 1. The average Bonchev–Trinajstić information content (AvgIpc) is 3.13. The summed E-state index contributed by atoms with van der Waals surface area (Å²) >= 11 is 1.68. The lowest BCUT2D eigenvalue weighted by Crippen LogP contribution is -2.45. The number of aromatic nitrogens is 2. The van der Waals surface area contributed by atoms with Crippen LogP contribution in [0.2, 0.25) is 0 Å². The number of likely N-dealkylation sites (tertiary alicyclic amines) is 1. The molecule has 3 heterocycles. The fraction of sp³-hybridized carbons (Fsp3) is 0.500. The van der Waals surface area contributed by atoms with Gasteiger partial charge in [-0.05, 0) is 54.1 Å². The molecule has 1 aliphatic rings. The monoisotopic (exact) mass is 318 g/mol. The molecule has 2 aromatic heterocycles. The summed E-state index contributed by atoms with van der Waals surface area (Å²) in [7, 11) is 0. The Bertz CT molecular complexity index is 648. The van der Waals surface area contributed by atoms with E-state index in [1.165, 1.54) is 11.1 Å². The van der Waals surface area contributed by atoms with Crippen molar-refractivity contribution in [3.63, 3.8) is 0 Å². The molecule has 2 aromatic rings. The van der Waals surface area contributed by atoms with Gasteiger partial charge in [-0.2, -0.15) is 16.4 Å². The molecule has 22 heavy (non-hydrogen) atoms. The molecular weight excluding hydrogens is 296 g/mol. The topological polar surface area (TPSA) is 50.2 Å². The molecular formula is C16H22N4OS. The van der Waals surface area contributed by atoms with Crippen LogP contribution in [-0.4, -0.2) is 33.8 Å². The minimum atomic E-state index is 0.0270. The summed E-state index contributed by atoms with van der Waals surface area (Å²) in [5, 5.41) is 11.6. The lowest BCUT2D eigenvalue weighted by Gasteiger charge is -2.32. The molecule has 0 aromatic carbocycles. The first kappa shape index (κ1) is 15.1. The first-order valence-corrected chi connectivity index (χ1v) is 8.63. The summed E-state index contributed by atoms with van der Waals surface area (Å²) in [4.78, 5) is 14.3. The van der Waals surface area contributed by atoms with Crippen molar-refractivity contribution in [2.75, 3.05) is 13.1 Å². The molecule has 1 atom stereocenters. The van der Waals surface area contributed by atoms with Gasteiger partial charge in [0.2, 0.25) is 0 Å². The third-order valence-corrected chi connectivity index (χ3v) is 5.09. The number of hydrogen-bond acceptors (Lipinski definition) is 3. The summed E-state index contributed by atoms with van der Waals surface area (Å²) < 4.78 is 2.00. The summed E-state index contributed by atoms with van der Waals surface area (Å²) in [6.07, 6.45) is 6.03. The van der Waals surface area contributed by atoms with Crippen molar-refractivity contribution in [2.24, 2.45) is 0 Å². The van der Waals surface area contributed by atoms with E-state index >= 15 is 0 Å². The van der Waals surface area contributed by atoms with Crippen molar-refractivity contribution < 1.29 is 4.79 Å². The fourth-order valence-corrected chi connectivity index (χ4v) is 3.70. The second-order valence-corrected chi connectivity index (χ2v) is 6.72. The molecule has 0 radical (unpaired) electrons. The van der Waals surface area contributed by atoms with Crippen LogP contribution in [0.4, 0.5) is 4.79 Å². The predicted molar refractivity (Wildman–Crippen MR) is 88.1 cm³/mol. The van der Waals surface area contributed by atoms with E-state index < -0.39 is 0 Å². The number of carbonyl (C=O) groups is 1. The molecule has 0 aliphatic carbocycles. The Balaban J connectivity index is 1.57. The summed E-state index contributed by atoms with van der Waals surface area (Å²) in [6, 6.07) is 0.315. The van der Waals surface area contributed by atoms with Crippen LogP contribution in [0.25, 0.3) is 0 Å². The Hall–Kier alpha value is -1.82. The number of rotatable bonds is 3. The van der Waals surface area contributed by atoms with Gasteiger partial charge in [-0.1, -0.05) is 0 Å². The van der Waals surface area contributed by atoms with E-state index in [-0.39, 0.29) is 12.1 Å². The van der Waals surface area contributed by atoms with Crippen LogP contribution in [0.15, 0.2) is 23.2 Å². The van der Waals surface area contributed by atoms with Gasteiger partial charge in [-0.15, -0.1) is 0 Å². The molecule has 118 valence electrons. The molecule has 1 saturated heterocycles. The Morgan fingerprint density at radius 1 is 1.45 bits per heavy atom. The zero-order valence-electron chi connectivity index (χ0n) is 13.1. The molecule has 5 nitrogen and oxygen atoms in total. The number of piperidine rings is 1. The van der Waals surface area contributed by atoms with Crippen LogP contribution < -0.4 is 5.32 Å². The normalized spacial score (nSPS) is 18.5. The summed E-state index contributed by atoms with van der Waals surface area (Å²) in [6.45, 7) is 6.28. The Morgan fingerprint density at radius 3 is 3.00 bits per heavy atom. The quantitative estimate of drug-likeness (QED) is 0.945. The average molecular weight is 318 g/mol. The third-order valence-electron chi connectivity index (χ3n) is 4.18. The number of aryl methyl sites for hydroxylation is 2. The largest absolute Gasteiger partial charge is 0.334 e. The third kappa shape index (κ3) is 3.32. The molecule has 1 unspecified atom stereocenters. The minimum Gasteiger partial charge on any atom is -0.334 e. The Morgan fingerprint density at radius 2 is 2.32 bits per heavy atom. The van der Waals surface area contributed by atoms with Crippen molar-refractivity contribution in [1.82, 2.24) is 20.0 Å². The number of hydrogen-bond donors (Lipinski definition) is 1. The first-order chi connectivity index (χ1) is 10.6. The number of thiophene rings is 1. The zero-order chi connectivity index (χ0) is 15.5. The van der Waals surface area contributed by atoms with Gasteiger partial charge in [-0.25, -0.2) is 4.79 Å². The minimum absolute atomic E-state index is 0.0270. The number of urea groups is 1. The summed E-state index contributed by atoms with van der Waals surface area (Å²) in [5.41, 5.74) is 3.61. The van der Waals surface area contributed by atoms with Gasteiger partial charge in [-0.3, -0.25) is 4.68 Å². The van der Waals surface area contributed by atoms with Gasteiger partial charge >= 0.3 is 6.03 Å². The van der Waals surface area contributed by atoms with Gasteiger partial charge in [0.15, 0.2) is 0 Å². The van der Waals surface area contributed by atoms with Gasteiger partial charge < -0.3 is 10.2 Å². The first-order valence-electron chi connectivity index (χ1n) is 7.68. The van der Waals surface area contributed by atoms with E-state index in [0.717, 1.165) is 31.5 Å². The maximum Gasteiger partial charge on any atom is 0.317 e. The lowest BCUT2D eigenvalue weighted by molar-refractivity contribution is 0.163. The van der Waals surface area contributed by atoms with Crippen LogP contribution in [-0.2, 0) is 6.54 Å². The van der Waals surface area contributed by atoms with E-state index in [4.69, 9.17) is 0 Å². The molecule has 0 spiro atoms. The smallest absolute Gasteiger partial charge is 0.317 e. The fourth-order valence-electron chi connectivity index (χ4n) is 2.84. The zero-order valence-corrected chi connectivity index (χ0v) is 13.9. The van der Waals surface area contributed by atoms with Crippen LogP contribution in [0.3, 0.4) is 0 Å². The second-order valence-electron chi connectivity index (χ2n) is 5.98. The SMILES string of the molecule is Cc1cnn(C2CCCN(C(=O)NCc3cscc3C)C2)c1. The van der Waals surface area contributed by atoms with Crippen molar-refractivity contribution in [3.05, 3.63) is 39.8 Å². The summed E-state index contributed by atoms with van der Waals surface area (Å²) in [5.74, 6) is 0. The van der Waals surface area contributed by atoms with Crippen molar-refractivity contribution in [2.45, 2.75) is 39.3 Å². The van der Waals surface area contributed by atoms with Crippen LogP contribution in [0.1, 0.15) is 35.6 Å². The van der Waals surface area contributed by atoms with E-state index in [1.807, 2.05) is 22.7 Å². The van der Waals surface area contributed by atoms with Crippen molar-refractivity contribution >= 4 is 17.4 Å². The van der Waals surface area contributed by atoms with Gasteiger partial charge in [0.25, 0.3) is 0 Å². The highest BCUT2D eigenvalue weighted by molar-refractivity contribution is 7.08. The number of amides is 2. The van der Waals surface area contributed by atoms with E-state index in [2.05, 4.69) is 34.3 Å². The Labute approximate surface area is 134 Å². The molecule has 6 heteroatoms. The molecule has 0 bridgehead atoms. The molecule has 1 aliphatic heterocycles. The van der Waals surface area contributed by atoms with Crippen molar-refractivity contribution in [3.8, 4) is 0 Å². The standard InChI is InChI=1S/C16H22N4OS/c1-12-6-18-20(8-12)15-4-3-5-19(9-15)16(21)17-7-14-11-22-10-13(14)2/h6,8,10-11,15H,3-5,7,9H2,1-2H3,(H,17,21). The lowest BCUT2D eigenvalue weighted by atomic mass is 10.1. The van der Waals surface area contributed by atoms with Gasteiger partial charge in [0.1, 0.15) is 0 Å². The van der Waals surface area contributed by atoms with E-state index in [9.17, 15) is 4.79 Å². The van der Waals surface area contributed by atoms with Crippen LogP contribution in [0.5, 0.6) is 0 Å². The maximum atomic E-state index is 12.4. The highest BCUT2D eigenvalue weighted by Gasteiger charge is 2.25. The molecule has 3 rings (SSSR count). The van der Waals surface area contributed by atoms with E-state index in [0.29, 0.717) is 6.54 Å². The second kappa shape index (κ2) is 6.52. The number of nitrogens with zero attached hydrogens (tertiary/aromatic N) is 3. The maximum absolute atomic E-state index is 12.4. The van der Waals surface area contributed by atoms with Crippen molar-refractivity contribution in [1.29, 1.82) is 0 Å². The molecule has 1 fully saturated rings. The van der Waals surface area contributed by atoms with Crippen LogP contribution in [0, 0.1) is 13.8 Å². The molecule has 1 N–H and O–H groups in total. The number of carbonyl (C=O) groups excluding carboxylic acids is 1. The highest BCUT2D eigenvalue weighted by atomic mass is 32.1. The Kier molecular flexibility index (Phi) is 4.47. The predicted octanol–water partition coefficient (Wildman–Crippen LogP) is 3.11. The van der Waals surface area contributed by atoms with E-state index in [1.54, 1.807) is 11.3 Å². The molecule has 2 amide bonds. The highest BCUT2D eigenvalue weighted by Crippen LogP contribution is 2.21. The van der Waals surface area contributed by atoms with Gasteiger partial charge in [0, 0.05) is 25.8 Å².